The average Bonchev–Trinajstić information content (AvgIpc) is 3.17. The zero-order valence-corrected chi connectivity index (χ0v) is 19.2. The zero-order chi connectivity index (χ0) is 21.8. The number of fused-ring (bicyclic) bond motifs is 5. The molecule has 3 saturated carbocycles. The van der Waals surface area contributed by atoms with Crippen LogP contribution >= 0.6 is 0 Å². The number of carbonyl (C=O) groups excluding carboxylic acids is 2. The van der Waals surface area contributed by atoms with Gasteiger partial charge in [-0.15, -0.1) is 0 Å². The fourth-order valence-corrected chi connectivity index (χ4v) is 7.92. The van der Waals surface area contributed by atoms with Gasteiger partial charge in [0.2, 0.25) is 0 Å². The van der Waals surface area contributed by atoms with E-state index in [2.05, 4.69) is 25.2 Å². The lowest BCUT2D eigenvalue weighted by Crippen LogP contribution is -2.61. The Labute approximate surface area is 186 Å². The first-order valence-electron chi connectivity index (χ1n) is 12.2. The molecule has 1 N–H and O–H groups in total. The van der Waals surface area contributed by atoms with Crippen molar-refractivity contribution in [3.8, 4) is 0 Å². The second-order valence-corrected chi connectivity index (χ2v) is 11.1. The Balaban J connectivity index is 1.43. The molecular weight excluding hydrogens is 384 g/mol. The van der Waals surface area contributed by atoms with Gasteiger partial charge in [0, 0.05) is 25.0 Å². The van der Waals surface area contributed by atoms with E-state index < -0.39 is 0 Å². The van der Waals surface area contributed by atoms with E-state index in [1.54, 1.807) is 0 Å². The van der Waals surface area contributed by atoms with Gasteiger partial charge >= 0.3 is 0 Å². The summed E-state index contributed by atoms with van der Waals surface area (Å²) in [5.41, 5.74) is 1.79. The summed E-state index contributed by atoms with van der Waals surface area (Å²) in [4.78, 5) is 28.2. The van der Waals surface area contributed by atoms with E-state index in [1.165, 1.54) is 38.5 Å². The Morgan fingerprint density at radius 2 is 1.84 bits per heavy atom. The first-order chi connectivity index (χ1) is 14.8. The standard InChI is InChI=1S/C27H36N2O2/c1-26-14-7-10-21(26)19-11-12-23-27(2,22(19)13-15-26)16-20(25(31)29(23)3)24(30)28-17-18-8-5-4-6-9-18/h4-6,8-9,16,19,21-23H,7,10-15,17H2,1-3H3,(H,28,30)/t19-,21-,22+,23?,26-,27+/m0/s1. The van der Waals surface area contributed by atoms with Crippen molar-refractivity contribution in [2.75, 3.05) is 7.05 Å². The molecule has 0 aromatic heterocycles. The van der Waals surface area contributed by atoms with Crippen LogP contribution in [0.2, 0.25) is 0 Å². The molecule has 5 rings (SSSR count). The van der Waals surface area contributed by atoms with Crippen molar-refractivity contribution < 1.29 is 9.59 Å². The number of likely N-dealkylation sites (N-methyl/N-ethyl adjacent to an activating group) is 1. The molecule has 0 bridgehead atoms. The Morgan fingerprint density at radius 1 is 1.06 bits per heavy atom. The van der Waals surface area contributed by atoms with Crippen molar-refractivity contribution in [1.29, 1.82) is 0 Å². The van der Waals surface area contributed by atoms with Crippen LogP contribution in [-0.2, 0) is 16.1 Å². The third-order valence-corrected chi connectivity index (χ3v) is 9.52. The summed E-state index contributed by atoms with van der Waals surface area (Å²) in [5, 5.41) is 2.99. The lowest BCUT2D eigenvalue weighted by Gasteiger charge is -2.60. The minimum absolute atomic E-state index is 0.116. The lowest BCUT2D eigenvalue weighted by molar-refractivity contribution is -0.141. The predicted molar refractivity (Wildman–Crippen MR) is 122 cm³/mol. The van der Waals surface area contributed by atoms with Gasteiger partial charge in [-0.05, 0) is 67.3 Å². The maximum absolute atomic E-state index is 13.2. The Bertz CT molecular complexity index is 909. The topological polar surface area (TPSA) is 49.4 Å². The van der Waals surface area contributed by atoms with Crippen molar-refractivity contribution in [2.45, 2.75) is 71.4 Å². The number of carbonyl (C=O) groups is 2. The smallest absolute Gasteiger partial charge is 0.259 e. The molecule has 0 spiro atoms. The highest BCUT2D eigenvalue weighted by atomic mass is 16.2. The molecule has 1 aromatic rings. The summed E-state index contributed by atoms with van der Waals surface area (Å²) in [7, 11) is 1.91. The lowest BCUT2D eigenvalue weighted by atomic mass is 9.48. The second-order valence-electron chi connectivity index (χ2n) is 11.1. The Kier molecular flexibility index (Phi) is 5.02. The summed E-state index contributed by atoms with van der Waals surface area (Å²) < 4.78 is 0. The molecule has 1 aliphatic heterocycles. The van der Waals surface area contributed by atoms with E-state index in [1.807, 2.05) is 42.3 Å². The first kappa shape index (κ1) is 20.8. The van der Waals surface area contributed by atoms with Crippen molar-refractivity contribution in [3.05, 3.63) is 47.5 Å². The van der Waals surface area contributed by atoms with Crippen LogP contribution in [0.3, 0.4) is 0 Å². The molecule has 31 heavy (non-hydrogen) atoms. The van der Waals surface area contributed by atoms with Gasteiger partial charge in [-0.25, -0.2) is 0 Å². The van der Waals surface area contributed by atoms with Crippen molar-refractivity contribution in [1.82, 2.24) is 10.2 Å². The minimum atomic E-state index is -0.232. The van der Waals surface area contributed by atoms with Crippen LogP contribution in [0.1, 0.15) is 64.4 Å². The van der Waals surface area contributed by atoms with Crippen LogP contribution in [0, 0.1) is 28.6 Å². The quantitative estimate of drug-likeness (QED) is 0.721. The van der Waals surface area contributed by atoms with Gasteiger partial charge in [-0.1, -0.05) is 56.7 Å². The summed E-state index contributed by atoms with van der Waals surface area (Å²) in [6.07, 6.45) is 11.0. The molecule has 1 unspecified atom stereocenters. The molecule has 3 aliphatic carbocycles. The number of benzene rings is 1. The summed E-state index contributed by atoms with van der Waals surface area (Å²) in [6.45, 7) is 5.30. The van der Waals surface area contributed by atoms with E-state index in [0.717, 1.165) is 23.8 Å². The third-order valence-electron chi connectivity index (χ3n) is 9.52. The number of nitrogens with zero attached hydrogens (tertiary/aromatic N) is 1. The fourth-order valence-electron chi connectivity index (χ4n) is 7.92. The van der Waals surface area contributed by atoms with Gasteiger partial charge in [0.05, 0.1) is 0 Å². The molecule has 4 nitrogen and oxygen atoms in total. The normalized spacial score (nSPS) is 39.3. The van der Waals surface area contributed by atoms with Crippen LogP contribution in [0.15, 0.2) is 42.0 Å². The molecule has 3 fully saturated rings. The molecule has 4 aliphatic rings. The zero-order valence-electron chi connectivity index (χ0n) is 19.2. The summed E-state index contributed by atoms with van der Waals surface area (Å²) >= 11 is 0. The highest BCUT2D eigenvalue weighted by Gasteiger charge is 2.59. The van der Waals surface area contributed by atoms with E-state index in [9.17, 15) is 9.59 Å². The van der Waals surface area contributed by atoms with Gasteiger partial charge in [-0.2, -0.15) is 0 Å². The van der Waals surface area contributed by atoms with Gasteiger partial charge < -0.3 is 10.2 Å². The number of rotatable bonds is 3. The highest BCUT2D eigenvalue weighted by molar-refractivity contribution is 6.19. The predicted octanol–water partition coefficient (Wildman–Crippen LogP) is 4.70. The van der Waals surface area contributed by atoms with Gasteiger partial charge in [0.25, 0.3) is 11.8 Å². The number of hydrogen-bond acceptors (Lipinski definition) is 2. The molecule has 4 heteroatoms. The molecule has 6 atom stereocenters. The van der Waals surface area contributed by atoms with Crippen LogP contribution in [-0.4, -0.2) is 29.8 Å². The third kappa shape index (κ3) is 3.25. The highest BCUT2D eigenvalue weighted by Crippen LogP contribution is 2.64. The van der Waals surface area contributed by atoms with Crippen LogP contribution < -0.4 is 5.32 Å². The Morgan fingerprint density at radius 3 is 2.61 bits per heavy atom. The maximum atomic E-state index is 13.2. The van der Waals surface area contributed by atoms with Crippen molar-refractivity contribution in [3.63, 3.8) is 0 Å². The fraction of sp³-hybridized carbons (Fsp3) is 0.630. The van der Waals surface area contributed by atoms with Crippen molar-refractivity contribution in [2.24, 2.45) is 28.6 Å². The van der Waals surface area contributed by atoms with E-state index in [-0.39, 0.29) is 23.3 Å². The van der Waals surface area contributed by atoms with Gasteiger partial charge in [0.1, 0.15) is 5.57 Å². The Hall–Kier alpha value is -2.10. The van der Waals surface area contributed by atoms with Gasteiger partial charge in [0.15, 0.2) is 0 Å². The molecule has 1 heterocycles. The molecule has 0 radical (unpaired) electrons. The van der Waals surface area contributed by atoms with Crippen LogP contribution in [0.5, 0.6) is 0 Å². The molecule has 166 valence electrons. The first-order valence-corrected chi connectivity index (χ1v) is 12.2. The average molecular weight is 421 g/mol. The second kappa shape index (κ2) is 7.50. The van der Waals surface area contributed by atoms with E-state index >= 15 is 0 Å². The molecule has 0 saturated heterocycles. The summed E-state index contributed by atoms with van der Waals surface area (Å²) in [5.74, 6) is 1.76. The largest absolute Gasteiger partial charge is 0.348 e. The van der Waals surface area contributed by atoms with Crippen molar-refractivity contribution >= 4 is 11.8 Å². The van der Waals surface area contributed by atoms with Crippen LogP contribution in [0.25, 0.3) is 0 Å². The van der Waals surface area contributed by atoms with E-state index in [4.69, 9.17) is 0 Å². The van der Waals surface area contributed by atoms with Crippen LogP contribution in [0.4, 0.5) is 0 Å². The van der Waals surface area contributed by atoms with E-state index in [0.29, 0.717) is 23.5 Å². The SMILES string of the molecule is CN1C(=O)C(C(=O)NCc2ccccc2)=C[C@@]2(C)C1CC[C@@H]1[C@H]2CC[C@]2(C)CCC[C@@H]12. The monoisotopic (exact) mass is 420 g/mol. The minimum Gasteiger partial charge on any atom is -0.348 e. The number of amides is 2. The molecule has 1 aromatic carbocycles. The summed E-state index contributed by atoms with van der Waals surface area (Å²) in [6, 6.07) is 10.1. The molecular formula is C27H36N2O2. The van der Waals surface area contributed by atoms with Gasteiger partial charge in [-0.3, -0.25) is 9.59 Å². The number of hydrogen-bond donors (Lipinski definition) is 1. The molecule has 2 amide bonds. The maximum Gasteiger partial charge on any atom is 0.259 e. The number of nitrogens with one attached hydrogen (secondary N) is 1.